The smallest absolute Gasteiger partial charge is 0.408 e. The number of carboxylic acids is 1. The fourth-order valence-electron chi connectivity index (χ4n) is 1.33. The lowest BCUT2D eigenvalue weighted by Gasteiger charge is -2.13. The second kappa shape index (κ2) is 7.78. The summed E-state index contributed by atoms with van der Waals surface area (Å²) in [6.45, 7) is 1.52. The van der Waals surface area contributed by atoms with Crippen molar-refractivity contribution in [3.8, 4) is 0 Å². The number of ether oxygens (including phenoxy) is 2. The number of benzene rings is 1. The maximum atomic E-state index is 11.4. The summed E-state index contributed by atoms with van der Waals surface area (Å²) < 4.78 is 9.35. The molecule has 1 aromatic rings. The van der Waals surface area contributed by atoms with Crippen molar-refractivity contribution in [3.63, 3.8) is 0 Å². The van der Waals surface area contributed by atoms with E-state index in [9.17, 15) is 14.4 Å². The Kier molecular flexibility index (Phi) is 6.02. The minimum absolute atomic E-state index is 0.0172. The summed E-state index contributed by atoms with van der Waals surface area (Å²) >= 11 is 0. The Balaban J connectivity index is 2.50. The highest BCUT2D eigenvalue weighted by atomic mass is 16.6. The Morgan fingerprint density at radius 1 is 1.20 bits per heavy atom. The van der Waals surface area contributed by atoms with Gasteiger partial charge in [0.05, 0.1) is 6.61 Å². The fourth-order valence-corrected chi connectivity index (χ4v) is 1.33. The summed E-state index contributed by atoms with van der Waals surface area (Å²) in [4.78, 5) is 33.6. The molecule has 0 spiro atoms. The minimum atomic E-state index is -1.78. The van der Waals surface area contributed by atoms with Gasteiger partial charge in [-0.1, -0.05) is 30.3 Å². The lowest BCUT2D eigenvalue weighted by molar-refractivity contribution is -0.154. The molecule has 0 radical (unpaired) electrons. The molecule has 1 aromatic carbocycles. The third kappa shape index (κ3) is 4.97. The van der Waals surface area contributed by atoms with Gasteiger partial charge in [-0.25, -0.2) is 14.4 Å². The van der Waals surface area contributed by atoms with Crippen molar-refractivity contribution in [2.24, 2.45) is 0 Å². The zero-order valence-corrected chi connectivity index (χ0v) is 10.9. The molecule has 0 aliphatic heterocycles. The normalized spacial score (nSPS) is 11.2. The maximum Gasteiger partial charge on any atom is 0.408 e. The lowest BCUT2D eigenvalue weighted by Crippen LogP contribution is -2.47. The molecule has 0 bridgehead atoms. The number of carboxylic acid groups (broad SMARTS) is 1. The van der Waals surface area contributed by atoms with Gasteiger partial charge in [0.2, 0.25) is 6.04 Å². The molecule has 0 aliphatic rings. The van der Waals surface area contributed by atoms with E-state index in [0.717, 1.165) is 5.56 Å². The molecular formula is C13H15NO6. The highest BCUT2D eigenvalue weighted by Gasteiger charge is 2.30. The second-order valence-corrected chi connectivity index (χ2v) is 3.73. The largest absolute Gasteiger partial charge is 0.479 e. The second-order valence-electron chi connectivity index (χ2n) is 3.73. The number of amides is 1. The van der Waals surface area contributed by atoms with Crippen LogP contribution >= 0.6 is 0 Å². The number of nitrogens with one attached hydrogen (secondary N) is 1. The van der Waals surface area contributed by atoms with Crippen molar-refractivity contribution < 1.29 is 29.0 Å². The van der Waals surface area contributed by atoms with E-state index in [2.05, 4.69) is 4.74 Å². The van der Waals surface area contributed by atoms with E-state index in [4.69, 9.17) is 9.84 Å². The van der Waals surface area contributed by atoms with Gasteiger partial charge in [0.25, 0.3) is 0 Å². The van der Waals surface area contributed by atoms with Crippen molar-refractivity contribution in [1.82, 2.24) is 5.32 Å². The van der Waals surface area contributed by atoms with Gasteiger partial charge >= 0.3 is 18.0 Å². The molecule has 0 unspecified atom stereocenters. The Hall–Kier alpha value is -2.57. The monoisotopic (exact) mass is 281 g/mol. The number of esters is 1. The Morgan fingerprint density at radius 2 is 1.85 bits per heavy atom. The van der Waals surface area contributed by atoms with Crippen LogP contribution < -0.4 is 5.32 Å². The Bertz CT molecular complexity index is 473. The van der Waals surface area contributed by atoms with E-state index < -0.39 is 24.1 Å². The van der Waals surface area contributed by atoms with Gasteiger partial charge in [0.1, 0.15) is 6.61 Å². The quantitative estimate of drug-likeness (QED) is 0.594. The maximum absolute atomic E-state index is 11.4. The van der Waals surface area contributed by atoms with E-state index in [0.29, 0.717) is 0 Å². The Labute approximate surface area is 115 Å². The number of hydrogen-bond acceptors (Lipinski definition) is 5. The third-order valence-electron chi connectivity index (χ3n) is 2.24. The van der Waals surface area contributed by atoms with Gasteiger partial charge in [-0.05, 0) is 12.5 Å². The van der Waals surface area contributed by atoms with Crippen LogP contribution in [0.2, 0.25) is 0 Å². The SMILES string of the molecule is CCOC(=O)[C@H](NC(=O)OCc1ccccc1)C(=O)O. The van der Waals surface area contributed by atoms with Crippen molar-refractivity contribution in [1.29, 1.82) is 0 Å². The van der Waals surface area contributed by atoms with Crippen LogP contribution in [0.15, 0.2) is 30.3 Å². The number of carbonyl (C=O) groups is 3. The highest BCUT2D eigenvalue weighted by Crippen LogP contribution is 2.01. The first kappa shape index (κ1) is 15.5. The number of aliphatic carboxylic acids is 1. The van der Waals surface area contributed by atoms with Gasteiger partial charge in [0, 0.05) is 0 Å². The van der Waals surface area contributed by atoms with Crippen molar-refractivity contribution in [2.75, 3.05) is 6.61 Å². The van der Waals surface area contributed by atoms with Gasteiger partial charge in [-0.3, -0.25) is 5.32 Å². The van der Waals surface area contributed by atoms with E-state index in [-0.39, 0.29) is 13.2 Å². The molecule has 108 valence electrons. The van der Waals surface area contributed by atoms with Crippen LogP contribution in [0.4, 0.5) is 4.79 Å². The van der Waals surface area contributed by atoms with E-state index in [1.54, 1.807) is 24.3 Å². The van der Waals surface area contributed by atoms with Crippen LogP contribution in [0.1, 0.15) is 12.5 Å². The summed E-state index contributed by atoms with van der Waals surface area (Å²) in [7, 11) is 0. The van der Waals surface area contributed by atoms with Gasteiger partial charge < -0.3 is 14.6 Å². The van der Waals surface area contributed by atoms with E-state index in [1.165, 1.54) is 6.92 Å². The molecule has 2 N–H and O–H groups in total. The molecule has 0 heterocycles. The van der Waals surface area contributed by atoms with Crippen molar-refractivity contribution in [2.45, 2.75) is 19.6 Å². The summed E-state index contributed by atoms with van der Waals surface area (Å²) in [6.07, 6.45) is -1.01. The fraction of sp³-hybridized carbons (Fsp3) is 0.308. The molecule has 1 amide bonds. The molecular weight excluding hydrogens is 266 g/mol. The predicted octanol–water partition coefficient (Wildman–Crippen LogP) is 0.929. The van der Waals surface area contributed by atoms with Crippen molar-refractivity contribution >= 4 is 18.0 Å². The highest BCUT2D eigenvalue weighted by molar-refractivity contribution is 6.00. The van der Waals surface area contributed by atoms with Crippen LogP contribution in [0.5, 0.6) is 0 Å². The van der Waals surface area contributed by atoms with Crippen molar-refractivity contribution in [3.05, 3.63) is 35.9 Å². The molecule has 0 fully saturated rings. The topological polar surface area (TPSA) is 102 Å². The number of hydrogen-bond donors (Lipinski definition) is 2. The van der Waals surface area contributed by atoms with E-state index in [1.807, 2.05) is 11.4 Å². The summed E-state index contributed by atoms with van der Waals surface area (Å²) in [5, 5.41) is 10.8. The van der Waals surface area contributed by atoms with Gasteiger partial charge in [-0.15, -0.1) is 0 Å². The first-order valence-corrected chi connectivity index (χ1v) is 5.91. The van der Waals surface area contributed by atoms with Crippen LogP contribution in [-0.2, 0) is 25.7 Å². The van der Waals surface area contributed by atoms with Gasteiger partial charge in [-0.2, -0.15) is 0 Å². The molecule has 0 saturated carbocycles. The average Bonchev–Trinajstić information content (AvgIpc) is 2.43. The first-order chi connectivity index (χ1) is 9.54. The summed E-state index contributed by atoms with van der Waals surface area (Å²) in [5.74, 6) is -2.56. The minimum Gasteiger partial charge on any atom is -0.479 e. The molecule has 7 nitrogen and oxygen atoms in total. The number of alkyl carbamates (subject to hydrolysis) is 1. The zero-order valence-electron chi connectivity index (χ0n) is 10.9. The third-order valence-corrected chi connectivity index (χ3v) is 2.24. The molecule has 0 aromatic heterocycles. The molecule has 0 saturated heterocycles. The Morgan fingerprint density at radius 3 is 2.40 bits per heavy atom. The lowest BCUT2D eigenvalue weighted by atomic mass is 10.2. The molecule has 20 heavy (non-hydrogen) atoms. The molecule has 1 rings (SSSR count). The molecule has 7 heteroatoms. The van der Waals surface area contributed by atoms with Crippen LogP contribution in [0.25, 0.3) is 0 Å². The van der Waals surface area contributed by atoms with Crippen LogP contribution in [0.3, 0.4) is 0 Å². The average molecular weight is 281 g/mol. The first-order valence-electron chi connectivity index (χ1n) is 5.91. The predicted molar refractivity (Wildman–Crippen MR) is 67.8 cm³/mol. The van der Waals surface area contributed by atoms with E-state index >= 15 is 0 Å². The van der Waals surface area contributed by atoms with Gasteiger partial charge in [0.15, 0.2) is 0 Å². The molecule has 1 atom stereocenters. The number of rotatable bonds is 6. The van der Waals surface area contributed by atoms with Crippen LogP contribution in [0, 0.1) is 0 Å². The standard InChI is InChI=1S/C13H15NO6/c1-2-19-12(17)10(11(15)16)14-13(18)20-8-9-6-4-3-5-7-9/h3-7,10H,2,8H2,1H3,(H,14,18)(H,15,16)/t10-/m1/s1. The summed E-state index contributed by atoms with van der Waals surface area (Å²) in [6, 6.07) is 7.06. The summed E-state index contributed by atoms with van der Waals surface area (Å²) in [5.41, 5.74) is 0.741. The van der Waals surface area contributed by atoms with Crippen LogP contribution in [-0.4, -0.2) is 35.8 Å². The zero-order chi connectivity index (χ0) is 15.0. The number of carbonyl (C=O) groups excluding carboxylic acids is 2. The molecule has 0 aliphatic carbocycles.